The van der Waals surface area contributed by atoms with E-state index in [0.29, 0.717) is 5.57 Å². The molecular formula is C17H12ClIN2. The Morgan fingerprint density at radius 1 is 1.43 bits per heavy atom. The number of hydrogen-bond acceptors (Lipinski definition) is 2. The molecule has 4 heteroatoms. The summed E-state index contributed by atoms with van der Waals surface area (Å²) in [7, 11) is 0. The zero-order valence-corrected chi connectivity index (χ0v) is 14.3. The highest BCUT2D eigenvalue weighted by Gasteiger charge is 2.09. The maximum atomic E-state index is 8.90. The van der Waals surface area contributed by atoms with Crippen molar-refractivity contribution in [1.82, 2.24) is 4.98 Å². The summed E-state index contributed by atoms with van der Waals surface area (Å²) in [5.41, 5.74) is 3.40. The molecule has 0 bridgehead atoms. The van der Waals surface area contributed by atoms with Crippen molar-refractivity contribution < 1.29 is 0 Å². The number of hydrogen-bond donors (Lipinski definition) is 0. The average molecular weight is 407 g/mol. The predicted molar refractivity (Wildman–Crippen MR) is 97.0 cm³/mol. The van der Waals surface area contributed by atoms with Gasteiger partial charge in [0.1, 0.15) is 0 Å². The zero-order valence-electron chi connectivity index (χ0n) is 11.4. The van der Waals surface area contributed by atoms with Crippen molar-refractivity contribution in [2.75, 3.05) is 0 Å². The molecule has 0 N–H and O–H groups in total. The number of pyridine rings is 1. The van der Waals surface area contributed by atoms with Crippen LogP contribution in [0.5, 0.6) is 0 Å². The van der Waals surface area contributed by atoms with Crippen LogP contribution in [-0.2, 0) is 0 Å². The Hall–Kier alpha value is -1.64. The Bertz CT molecular complexity index is 813. The average Bonchev–Trinajstić information content (AvgIpc) is 2.51. The fourth-order valence-electron chi connectivity index (χ4n) is 1.94. The van der Waals surface area contributed by atoms with Gasteiger partial charge in [-0.2, -0.15) is 5.26 Å². The van der Waals surface area contributed by atoms with E-state index in [-0.39, 0.29) is 0 Å². The fraction of sp³-hybridized carbons (Fsp3) is 0.0588. The number of para-hydroxylation sites is 1. The minimum absolute atomic E-state index is 0.523. The Morgan fingerprint density at radius 3 is 2.86 bits per heavy atom. The highest BCUT2D eigenvalue weighted by Crippen LogP contribution is 2.31. The molecule has 0 atom stereocenters. The number of allylic oxidation sites excluding steroid dienone is 5. The first-order chi connectivity index (χ1) is 10.1. The van der Waals surface area contributed by atoms with Crippen LogP contribution < -0.4 is 0 Å². The van der Waals surface area contributed by atoms with Crippen LogP contribution in [0.15, 0.2) is 54.8 Å². The molecule has 0 saturated heterocycles. The van der Waals surface area contributed by atoms with Crippen molar-refractivity contribution in [3.05, 3.63) is 68.9 Å². The number of fused-ring (bicyclic) bond motifs is 1. The van der Waals surface area contributed by atoms with Gasteiger partial charge < -0.3 is 0 Å². The van der Waals surface area contributed by atoms with Gasteiger partial charge in [-0.15, -0.1) is 0 Å². The number of rotatable bonds is 3. The van der Waals surface area contributed by atoms with Crippen LogP contribution in [0.4, 0.5) is 0 Å². The van der Waals surface area contributed by atoms with Gasteiger partial charge in [-0.05, 0) is 41.2 Å². The largest absolute Gasteiger partial charge is 0.254 e. The molecule has 104 valence electrons. The monoisotopic (exact) mass is 406 g/mol. The summed E-state index contributed by atoms with van der Waals surface area (Å²) >= 11 is 8.51. The highest BCUT2D eigenvalue weighted by molar-refractivity contribution is 14.1. The van der Waals surface area contributed by atoms with E-state index in [1.54, 1.807) is 12.3 Å². The van der Waals surface area contributed by atoms with Gasteiger partial charge in [-0.25, -0.2) is 0 Å². The smallest absolute Gasteiger partial charge is 0.0991 e. The maximum absolute atomic E-state index is 8.90. The lowest BCUT2D eigenvalue weighted by Gasteiger charge is -2.08. The van der Waals surface area contributed by atoms with Crippen LogP contribution in [-0.4, -0.2) is 4.98 Å². The quantitative estimate of drug-likeness (QED) is 0.382. The number of aromatic nitrogens is 1. The predicted octanol–water partition coefficient (Wildman–Crippen LogP) is 5.53. The Morgan fingerprint density at radius 2 is 2.19 bits per heavy atom. The number of benzene rings is 1. The van der Waals surface area contributed by atoms with Crippen LogP contribution in [0.25, 0.3) is 16.5 Å². The molecule has 2 rings (SSSR count). The minimum atomic E-state index is 0.523. The van der Waals surface area contributed by atoms with Crippen LogP contribution >= 0.6 is 34.2 Å². The van der Waals surface area contributed by atoms with Gasteiger partial charge in [0.2, 0.25) is 0 Å². The summed E-state index contributed by atoms with van der Waals surface area (Å²) in [6.07, 6.45) is 6.94. The summed E-state index contributed by atoms with van der Waals surface area (Å²) < 4.78 is 0.930. The van der Waals surface area contributed by atoms with Gasteiger partial charge >= 0.3 is 0 Å². The first-order valence-corrected chi connectivity index (χ1v) is 7.68. The molecule has 1 aromatic carbocycles. The molecule has 0 aliphatic carbocycles. The molecule has 1 heterocycles. The van der Waals surface area contributed by atoms with Crippen molar-refractivity contribution in [3.63, 3.8) is 0 Å². The van der Waals surface area contributed by atoms with E-state index in [0.717, 1.165) is 30.6 Å². The first kappa shape index (κ1) is 15.7. The summed E-state index contributed by atoms with van der Waals surface area (Å²) in [5.74, 6) is 0. The van der Waals surface area contributed by atoms with Crippen molar-refractivity contribution in [2.24, 2.45) is 0 Å². The van der Waals surface area contributed by atoms with E-state index in [1.165, 1.54) is 6.08 Å². The van der Waals surface area contributed by atoms with Gasteiger partial charge in [-0.1, -0.05) is 48.5 Å². The van der Waals surface area contributed by atoms with E-state index in [1.807, 2.05) is 31.2 Å². The van der Waals surface area contributed by atoms with E-state index < -0.39 is 0 Å². The summed E-state index contributed by atoms with van der Waals surface area (Å²) in [5, 5.41) is 10.5. The second-order valence-corrected chi connectivity index (χ2v) is 5.95. The first-order valence-electron chi connectivity index (χ1n) is 6.22. The third-order valence-corrected chi connectivity index (χ3v) is 4.62. The molecule has 0 aliphatic rings. The van der Waals surface area contributed by atoms with Crippen LogP contribution in [0.1, 0.15) is 12.5 Å². The fourth-order valence-corrected chi connectivity index (χ4v) is 2.57. The Labute approximate surface area is 142 Å². The molecule has 21 heavy (non-hydrogen) atoms. The zero-order chi connectivity index (χ0) is 15.4. The SMILES string of the molecule is C=C/C(C#N)=C\C=C(/C)c1cccc2c(Cl)c(I)cnc12. The van der Waals surface area contributed by atoms with Gasteiger partial charge in [0.05, 0.1) is 25.8 Å². The molecule has 0 saturated carbocycles. The lowest BCUT2D eigenvalue weighted by molar-refractivity contribution is 1.37. The van der Waals surface area contributed by atoms with Crippen LogP contribution in [0.3, 0.4) is 0 Å². The van der Waals surface area contributed by atoms with Crippen molar-refractivity contribution in [2.45, 2.75) is 6.92 Å². The normalized spacial score (nSPS) is 12.3. The van der Waals surface area contributed by atoms with Crippen molar-refractivity contribution >= 4 is 50.7 Å². The highest BCUT2D eigenvalue weighted by atomic mass is 127. The van der Waals surface area contributed by atoms with Gasteiger partial charge in [0, 0.05) is 17.1 Å². The molecule has 0 unspecified atom stereocenters. The summed E-state index contributed by atoms with van der Waals surface area (Å²) in [6.45, 7) is 5.59. The number of nitrogens with zero attached hydrogens (tertiary/aromatic N) is 2. The van der Waals surface area contributed by atoms with Gasteiger partial charge in [0.15, 0.2) is 0 Å². The standard InChI is InChI=1S/C17H12ClIN2/c1-3-12(9-20)8-7-11(2)13-5-4-6-14-16(18)15(19)10-21-17(13)14/h3-8,10H,1H2,2H3/b11-7+,12-8+. The second-order valence-electron chi connectivity index (χ2n) is 4.41. The molecule has 2 nitrogen and oxygen atoms in total. The van der Waals surface area contributed by atoms with E-state index in [2.05, 4.69) is 40.2 Å². The topological polar surface area (TPSA) is 36.7 Å². The number of halogens is 2. The summed E-state index contributed by atoms with van der Waals surface area (Å²) in [6, 6.07) is 7.99. The van der Waals surface area contributed by atoms with Crippen LogP contribution in [0.2, 0.25) is 5.02 Å². The molecular weight excluding hydrogens is 395 g/mol. The molecule has 2 aromatic rings. The summed E-state index contributed by atoms with van der Waals surface area (Å²) in [4.78, 5) is 4.49. The van der Waals surface area contributed by atoms with Crippen LogP contribution in [0, 0.1) is 14.9 Å². The third kappa shape index (κ3) is 3.34. The van der Waals surface area contributed by atoms with Gasteiger partial charge in [-0.3, -0.25) is 4.98 Å². The number of nitriles is 1. The molecule has 0 fully saturated rings. The molecule has 0 amide bonds. The van der Waals surface area contributed by atoms with Gasteiger partial charge in [0.25, 0.3) is 0 Å². The van der Waals surface area contributed by atoms with E-state index >= 15 is 0 Å². The lowest BCUT2D eigenvalue weighted by Crippen LogP contribution is -1.89. The Kier molecular flexibility index (Phi) is 5.16. The lowest BCUT2D eigenvalue weighted by atomic mass is 10.0. The molecule has 1 aromatic heterocycles. The molecule has 0 spiro atoms. The molecule has 0 radical (unpaired) electrons. The van der Waals surface area contributed by atoms with Crippen molar-refractivity contribution in [1.29, 1.82) is 5.26 Å². The van der Waals surface area contributed by atoms with E-state index in [9.17, 15) is 0 Å². The Balaban J connectivity index is 2.60. The van der Waals surface area contributed by atoms with Crippen molar-refractivity contribution in [3.8, 4) is 6.07 Å². The maximum Gasteiger partial charge on any atom is 0.0991 e. The minimum Gasteiger partial charge on any atom is -0.254 e. The molecule has 0 aliphatic heterocycles. The van der Waals surface area contributed by atoms with E-state index in [4.69, 9.17) is 16.9 Å². The third-order valence-electron chi connectivity index (χ3n) is 3.08. The second kappa shape index (κ2) is 6.88.